The maximum Gasteiger partial charge on any atom is 0.240 e. The van der Waals surface area contributed by atoms with E-state index in [-0.39, 0.29) is 11.4 Å². The Bertz CT molecular complexity index is 650. The number of sulfonamides is 1. The summed E-state index contributed by atoms with van der Waals surface area (Å²) in [7, 11) is -3.64. The maximum atomic E-state index is 12.8. The second kappa shape index (κ2) is 5.50. The Hall–Kier alpha value is -1.73. The van der Waals surface area contributed by atoms with Crippen LogP contribution >= 0.6 is 0 Å². The van der Waals surface area contributed by atoms with Gasteiger partial charge in [0.1, 0.15) is 5.82 Å². The zero-order valence-electron chi connectivity index (χ0n) is 10.4. The smallest absolute Gasteiger partial charge is 0.240 e. The van der Waals surface area contributed by atoms with Gasteiger partial charge in [-0.15, -0.1) is 0 Å². The summed E-state index contributed by atoms with van der Waals surface area (Å²) in [4.78, 5) is 0.0384. The van der Waals surface area contributed by atoms with E-state index in [4.69, 9.17) is 0 Å². The molecular formula is C12H14FN3O2S. The van der Waals surface area contributed by atoms with Crippen LogP contribution in [-0.2, 0) is 23.1 Å². The number of hydrogen-bond acceptors (Lipinski definition) is 3. The van der Waals surface area contributed by atoms with Gasteiger partial charge in [0.2, 0.25) is 10.0 Å². The van der Waals surface area contributed by atoms with Crippen molar-refractivity contribution in [1.29, 1.82) is 0 Å². The summed E-state index contributed by atoms with van der Waals surface area (Å²) in [6, 6.07) is 6.44. The van der Waals surface area contributed by atoms with Gasteiger partial charge < -0.3 is 0 Å². The lowest BCUT2D eigenvalue weighted by atomic mass is 10.4. The summed E-state index contributed by atoms with van der Waals surface area (Å²) in [6.45, 7) is 2.74. The van der Waals surface area contributed by atoms with E-state index in [1.54, 1.807) is 16.9 Å². The van der Waals surface area contributed by atoms with Gasteiger partial charge in [-0.3, -0.25) is 4.68 Å². The maximum absolute atomic E-state index is 12.8. The van der Waals surface area contributed by atoms with Crippen LogP contribution in [0.2, 0.25) is 0 Å². The zero-order chi connectivity index (χ0) is 13.9. The van der Waals surface area contributed by atoms with Crippen LogP contribution in [-0.4, -0.2) is 18.2 Å². The van der Waals surface area contributed by atoms with Crippen LogP contribution in [0.4, 0.5) is 4.39 Å². The monoisotopic (exact) mass is 283 g/mol. The second-order valence-electron chi connectivity index (χ2n) is 3.92. The standard InChI is InChI=1S/C12H14FN3O2S/c1-2-16-11(7-8-14-16)9-15-19(17,18)12-5-3-10(13)4-6-12/h3-8,15H,2,9H2,1H3. The molecule has 1 aromatic heterocycles. The van der Waals surface area contributed by atoms with Crippen molar-refractivity contribution in [2.24, 2.45) is 0 Å². The minimum Gasteiger partial charge on any atom is -0.269 e. The molecule has 5 nitrogen and oxygen atoms in total. The molecule has 7 heteroatoms. The SMILES string of the molecule is CCn1nccc1CNS(=O)(=O)c1ccc(F)cc1. The summed E-state index contributed by atoms with van der Waals surface area (Å²) in [5.41, 5.74) is 0.771. The third-order valence-electron chi connectivity index (χ3n) is 2.67. The lowest BCUT2D eigenvalue weighted by Gasteiger charge is -2.08. The molecule has 0 aliphatic heterocycles. The Morgan fingerprint density at radius 3 is 2.58 bits per heavy atom. The number of halogens is 1. The Balaban J connectivity index is 2.12. The fourth-order valence-electron chi connectivity index (χ4n) is 1.66. The first-order chi connectivity index (χ1) is 9.03. The van der Waals surface area contributed by atoms with Gasteiger partial charge in [-0.1, -0.05) is 0 Å². The number of rotatable bonds is 5. The molecule has 0 atom stereocenters. The zero-order valence-corrected chi connectivity index (χ0v) is 11.2. The highest BCUT2D eigenvalue weighted by Gasteiger charge is 2.14. The fourth-order valence-corrected chi connectivity index (χ4v) is 2.66. The summed E-state index contributed by atoms with van der Waals surface area (Å²) in [5, 5.41) is 4.05. The van der Waals surface area contributed by atoms with E-state index in [0.29, 0.717) is 6.54 Å². The summed E-state index contributed by atoms with van der Waals surface area (Å²) >= 11 is 0. The molecule has 0 saturated carbocycles. The number of benzene rings is 1. The molecule has 0 aliphatic rings. The number of nitrogens with one attached hydrogen (secondary N) is 1. The molecule has 0 radical (unpaired) electrons. The summed E-state index contributed by atoms with van der Waals surface area (Å²) in [5.74, 6) is -0.469. The van der Waals surface area contributed by atoms with Crippen LogP contribution in [0.25, 0.3) is 0 Å². The molecule has 0 bridgehead atoms. The first-order valence-corrected chi connectivity index (χ1v) is 7.27. The Morgan fingerprint density at radius 2 is 1.95 bits per heavy atom. The van der Waals surface area contributed by atoms with E-state index in [9.17, 15) is 12.8 Å². The molecule has 0 saturated heterocycles. The highest BCUT2D eigenvalue weighted by atomic mass is 32.2. The van der Waals surface area contributed by atoms with Crippen LogP contribution in [0.5, 0.6) is 0 Å². The molecular weight excluding hydrogens is 269 g/mol. The topological polar surface area (TPSA) is 64.0 Å². The van der Waals surface area contributed by atoms with Gasteiger partial charge in [0, 0.05) is 12.7 Å². The van der Waals surface area contributed by atoms with Crippen LogP contribution < -0.4 is 4.72 Å². The van der Waals surface area contributed by atoms with Crippen molar-refractivity contribution in [3.8, 4) is 0 Å². The van der Waals surface area contributed by atoms with Crippen molar-refractivity contribution < 1.29 is 12.8 Å². The average molecular weight is 283 g/mol. The molecule has 0 aliphatic carbocycles. The largest absolute Gasteiger partial charge is 0.269 e. The van der Waals surface area contributed by atoms with Crippen molar-refractivity contribution >= 4 is 10.0 Å². The van der Waals surface area contributed by atoms with Crippen LogP contribution in [0, 0.1) is 5.82 Å². The van der Waals surface area contributed by atoms with E-state index in [1.807, 2.05) is 6.92 Å². The molecule has 0 fully saturated rings. The average Bonchev–Trinajstić information content (AvgIpc) is 2.84. The Labute approximate surface area is 111 Å². The number of hydrogen-bond donors (Lipinski definition) is 1. The highest BCUT2D eigenvalue weighted by Crippen LogP contribution is 2.10. The van der Waals surface area contributed by atoms with E-state index in [2.05, 4.69) is 9.82 Å². The van der Waals surface area contributed by atoms with Crippen molar-refractivity contribution in [1.82, 2.24) is 14.5 Å². The van der Waals surface area contributed by atoms with Gasteiger partial charge >= 0.3 is 0 Å². The highest BCUT2D eigenvalue weighted by molar-refractivity contribution is 7.89. The molecule has 1 heterocycles. The fraction of sp³-hybridized carbons (Fsp3) is 0.250. The number of aromatic nitrogens is 2. The molecule has 102 valence electrons. The number of nitrogens with zero attached hydrogens (tertiary/aromatic N) is 2. The van der Waals surface area contributed by atoms with Gasteiger partial charge in [-0.2, -0.15) is 5.10 Å². The van der Waals surface area contributed by atoms with Crippen LogP contribution in [0.3, 0.4) is 0 Å². The molecule has 0 spiro atoms. The van der Waals surface area contributed by atoms with Crippen LogP contribution in [0.1, 0.15) is 12.6 Å². The Morgan fingerprint density at radius 1 is 1.26 bits per heavy atom. The van der Waals surface area contributed by atoms with Gasteiger partial charge in [0.25, 0.3) is 0 Å². The molecule has 19 heavy (non-hydrogen) atoms. The van der Waals surface area contributed by atoms with Crippen molar-refractivity contribution in [2.45, 2.75) is 24.9 Å². The van der Waals surface area contributed by atoms with Gasteiger partial charge in [-0.05, 0) is 37.3 Å². The van der Waals surface area contributed by atoms with E-state index >= 15 is 0 Å². The molecule has 1 N–H and O–H groups in total. The first kappa shape index (κ1) is 13.7. The molecule has 0 amide bonds. The molecule has 1 aromatic carbocycles. The molecule has 2 aromatic rings. The predicted molar refractivity (Wildman–Crippen MR) is 68.3 cm³/mol. The minimum atomic E-state index is -3.64. The normalized spacial score (nSPS) is 11.7. The number of aryl methyl sites for hydroxylation is 1. The van der Waals surface area contributed by atoms with Crippen molar-refractivity contribution in [2.75, 3.05) is 0 Å². The van der Waals surface area contributed by atoms with E-state index in [0.717, 1.165) is 17.8 Å². The lowest BCUT2D eigenvalue weighted by molar-refractivity contribution is 0.570. The lowest BCUT2D eigenvalue weighted by Crippen LogP contribution is -2.24. The summed E-state index contributed by atoms with van der Waals surface area (Å²) < 4.78 is 40.9. The van der Waals surface area contributed by atoms with Gasteiger partial charge in [0.05, 0.1) is 17.1 Å². The first-order valence-electron chi connectivity index (χ1n) is 5.79. The van der Waals surface area contributed by atoms with E-state index in [1.165, 1.54) is 12.1 Å². The predicted octanol–water partition coefficient (Wildman–Crippen LogP) is 1.52. The quantitative estimate of drug-likeness (QED) is 0.905. The molecule has 0 unspecified atom stereocenters. The Kier molecular flexibility index (Phi) is 3.96. The third-order valence-corrected chi connectivity index (χ3v) is 4.09. The summed E-state index contributed by atoms with van der Waals surface area (Å²) in [6.07, 6.45) is 1.62. The van der Waals surface area contributed by atoms with Crippen LogP contribution in [0.15, 0.2) is 41.4 Å². The van der Waals surface area contributed by atoms with E-state index < -0.39 is 15.8 Å². The molecule has 2 rings (SSSR count). The van der Waals surface area contributed by atoms with Crippen molar-refractivity contribution in [3.05, 3.63) is 48.0 Å². The van der Waals surface area contributed by atoms with Crippen molar-refractivity contribution in [3.63, 3.8) is 0 Å². The van der Waals surface area contributed by atoms with Gasteiger partial charge in [-0.25, -0.2) is 17.5 Å². The second-order valence-corrected chi connectivity index (χ2v) is 5.68. The minimum absolute atomic E-state index is 0.0384. The van der Waals surface area contributed by atoms with Gasteiger partial charge in [0.15, 0.2) is 0 Å². The third kappa shape index (κ3) is 3.18.